The fourth-order valence-corrected chi connectivity index (χ4v) is 5.18. The molecule has 3 N–H and O–H groups in total. The first-order chi connectivity index (χ1) is 10.2. The summed E-state index contributed by atoms with van der Waals surface area (Å²) in [5, 5.41) is 0. The van der Waals surface area contributed by atoms with Crippen molar-refractivity contribution < 1.29 is 4.74 Å². The van der Waals surface area contributed by atoms with Crippen LogP contribution in [-0.4, -0.2) is 23.7 Å². The number of benzene rings is 1. The summed E-state index contributed by atoms with van der Waals surface area (Å²) in [6.07, 6.45) is 3.41. The minimum atomic E-state index is 0.112. The lowest BCUT2D eigenvalue weighted by Gasteiger charge is -2.41. The van der Waals surface area contributed by atoms with E-state index in [0.29, 0.717) is 5.92 Å². The number of hydrogen-bond acceptors (Lipinski definition) is 4. The van der Waals surface area contributed by atoms with Crippen molar-refractivity contribution in [3.05, 3.63) is 34.9 Å². The number of ether oxygens (including phenoxy) is 1. The topological polar surface area (TPSA) is 47.3 Å². The lowest BCUT2D eigenvalue weighted by Crippen LogP contribution is -2.45. The van der Waals surface area contributed by atoms with Crippen LogP contribution in [0.2, 0.25) is 0 Å². The number of thioether (sulfide) groups is 1. The van der Waals surface area contributed by atoms with Crippen LogP contribution < -0.4 is 11.3 Å². The van der Waals surface area contributed by atoms with Gasteiger partial charge in [-0.1, -0.05) is 18.2 Å². The Morgan fingerprint density at radius 1 is 1.43 bits per heavy atom. The number of nitrogens with one attached hydrogen (secondary N) is 1. The molecule has 4 heteroatoms. The zero-order valence-electron chi connectivity index (χ0n) is 13.0. The van der Waals surface area contributed by atoms with Gasteiger partial charge in [-0.15, -0.1) is 0 Å². The first-order valence-electron chi connectivity index (χ1n) is 7.89. The normalized spacial score (nSPS) is 30.7. The maximum atomic E-state index is 6.15. The molecule has 116 valence electrons. The van der Waals surface area contributed by atoms with Gasteiger partial charge in [0.1, 0.15) is 0 Å². The van der Waals surface area contributed by atoms with Crippen LogP contribution in [0.3, 0.4) is 0 Å². The molecule has 0 aliphatic carbocycles. The molecular formula is C17H26N2OS. The highest BCUT2D eigenvalue weighted by molar-refractivity contribution is 7.99. The Kier molecular flexibility index (Phi) is 4.60. The molecule has 0 bridgehead atoms. The summed E-state index contributed by atoms with van der Waals surface area (Å²) in [6, 6.07) is 6.77. The average molecular weight is 306 g/mol. The highest BCUT2D eigenvalue weighted by atomic mass is 32.2. The molecule has 2 aliphatic heterocycles. The fourth-order valence-electron chi connectivity index (χ4n) is 3.80. The van der Waals surface area contributed by atoms with Crippen LogP contribution in [-0.2, 0) is 4.74 Å². The van der Waals surface area contributed by atoms with E-state index in [4.69, 9.17) is 10.6 Å². The van der Waals surface area contributed by atoms with Gasteiger partial charge < -0.3 is 4.74 Å². The third-order valence-corrected chi connectivity index (χ3v) is 6.45. The molecule has 1 aromatic carbocycles. The molecule has 2 aliphatic rings. The van der Waals surface area contributed by atoms with Gasteiger partial charge in [0.25, 0.3) is 0 Å². The Morgan fingerprint density at radius 2 is 2.29 bits per heavy atom. The lowest BCUT2D eigenvalue weighted by molar-refractivity contribution is -0.0854. The minimum absolute atomic E-state index is 0.112. The first kappa shape index (κ1) is 15.3. The van der Waals surface area contributed by atoms with Gasteiger partial charge >= 0.3 is 0 Å². The van der Waals surface area contributed by atoms with Crippen molar-refractivity contribution in [1.82, 2.24) is 5.43 Å². The van der Waals surface area contributed by atoms with E-state index >= 15 is 0 Å². The quantitative estimate of drug-likeness (QED) is 0.665. The largest absolute Gasteiger partial charge is 0.374 e. The number of nitrogens with two attached hydrogens (primary N) is 1. The zero-order valence-corrected chi connectivity index (χ0v) is 13.8. The molecule has 21 heavy (non-hydrogen) atoms. The van der Waals surface area contributed by atoms with Crippen molar-refractivity contribution in [2.45, 2.75) is 44.8 Å². The van der Waals surface area contributed by atoms with E-state index in [-0.39, 0.29) is 11.6 Å². The van der Waals surface area contributed by atoms with E-state index in [2.05, 4.69) is 37.5 Å². The van der Waals surface area contributed by atoms with Crippen molar-refractivity contribution >= 4 is 11.8 Å². The summed E-state index contributed by atoms with van der Waals surface area (Å²) >= 11 is 2.03. The molecule has 0 amide bonds. The number of rotatable bonds is 3. The summed E-state index contributed by atoms with van der Waals surface area (Å²) in [5.41, 5.74) is 7.27. The van der Waals surface area contributed by atoms with Gasteiger partial charge in [0.15, 0.2) is 0 Å². The highest BCUT2D eigenvalue weighted by Gasteiger charge is 2.42. The lowest BCUT2D eigenvalue weighted by atomic mass is 9.78. The molecule has 3 rings (SSSR count). The number of hydrogen-bond donors (Lipinski definition) is 2. The highest BCUT2D eigenvalue weighted by Crippen LogP contribution is 2.44. The van der Waals surface area contributed by atoms with Crippen LogP contribution in [0.1, 0.15) is 42.0 Å². The molecule has 3 atom stereocenters. The molecule has 1 spiro atoms. The van der Waals surface area contributed by atoms with E-state index < -0.39 is 0 Å². The first-order valence-corrected chi connectivity index (χ1v) is 9.05. The van der Waals surface area contributed by atoms with Crippen molar-refractivity contribution in [1.29, 1.82) is 0 Å². The summed E-state index contributed by atoms with van der Waals surface area (Å²) in [6.45, 7) is 5.25. The van der Waals surface area contributed by atoms with Crippen LogP contribution in [0.25, 0.3) is 0 Å². The number of aryl methyl sites for hydroxylation is 1. The third kappa shape index (κ3) is 3.00. The molecule has 0 radical (unpaired) electrons. The van der Waals surface area contributed by atoms with Crippen molar-refractivity contribution in [2.24, 2.45) is 11.8 Å². The van der Waals surface area contributed by atoms with Gasteiger partial charge in [0, 0.05) is 18.4 Å². The van der Waals surface area contributed by atoms with Gasteiger partial charge in [0.05, 0.1) is 5.60 Å². The van der Waals surface area contributed by atoms with Crippen LogP contribution in [0.4, 0.5) is 0 Å². The Labute approximate surface area is 132 Å². The predicted octanol–water partition coefficient (Wildman–Crippen LogP) is 3.11. The van der Waals surface area contributed by atoms with E-state index in [9.17, 15) is 0 Å². The monoisotopic (exact) mass is 306 g/mol. The maximum absolute atomic E-state index is 6.15. The van der Waals surface area contributed by atoms with Crippen LogP contribution in [0.15, 0.2) is 18.2 Å². The molecule has 1 aromatic rings. The molecule has 3 nitrogen and oxygen atoms in total. The predicted molar refractivity (Wildman–Crippen MR) is 89.3 cm³/mol. The standard InChI is InChI=1S/C17H26N2OS/c1-12-4-3-5-15(13(12)2)16(19-18)14-6-8-20-17(10-14)7-9-21-11-17/h3-5,14,16,19H,6-11,18H2,1-2H3. The second kappa shape index (κ2) is 6.29. The molecule has 2 heterocycles. The van der Waals surface area contributed by atoms with E-state index in [1.165, 1.54) is 28.9 Å². The van der Waals surface area contributed by atoms with Crippen LogP contribution >= 0.6 is 11.8 Å². The molecule has 0 saturated carbocycles. The Balaban J connectivity index is 1.84. The molecular weight excluding hydrogens is 280 g/mol. The smallest absolute Gasteiger partial charge is 0.0783 e. The SMILES string of the molecule is Cc1cccc(C(NN)C2CCOC3(CCSC3)C2)c1C. The molecule has 2 saturated heterocycles. The minimum Gasteiger partial charge on any atom is -0.374 e. The Bertz CT molecular complexity index is 500. The van der Waals surface area contributed by atoms with Crippen LogP contribution in [0, 0.1) is 19.8 Å². The zero-order chi connectivity index (χ0) is 14.9. The second-order valence-electron chi connectivity index (χ2n) is 6.52. The second-order valence-corrected chi connectivity index (χ2v) is 7.63. The molecule has 0 aromatic heterocycles. The van der Waals surface area contributed by atoms with Crippen molar-refractivity contribution in [3.8, 4) is 0 Å². The molecule has 2 fully saturated rings. The fraction of sp³-hybridized carbons (Fsp3) is 0.647. The molecule has 3 unspecified atom stereocenters. The Hall–Kier alpha value is -0.550. The number of hydrazine groups is 1. The summed E-state index contributed by atoms with van der Waals surface area (Å²) in [7, 11) is 0. The van der Waals surface area contributed by atoms with E-state index in [1.807, 2.05) is 11.8 Å². The van der Waals surface area contributed by atoms with Crippen molar-refractivity contribution in [2.75, 3.05) is 18.1 Å². The van der Waals surface area contributed by atoms with Gasteiger partial charge in [-0.25, -0.2) is 0 Å². The summed E-state index contributed by atoms with van der Waals surface area (Å²) in [4.78, 5) is 0. The summed E-state index contributed by atoms with van der Waals surface area (Å²) in [5.74, 6) is 8.88. The van der Waals surface area contributed by atoms with Gasteiger partial charge in [-0.05, 0) is 61.5 Å². The van der Waals surface area contributed by atoms with Crippen LogP contribution in [0.5, 0.6) is 0 Å². The van der Waals surface area contributed by atoms with Gasteiger partial charge in [-0.2, -0.15) is 11.8 Å². The third-order valence-electron chi connectivity index (χ3n) is 5.23. The Morgan fingerprint density at radius 3 is 3.00 bits per heavy atom. The maximum Gasteiger partial charge on any atom is 0.0783 e. The van der Waals surface area contributed by atoms with E-state index in [1.54, 1.807) is 0 Å². The van der Waals surface area contributed by atoms with Crippen molar-refractivity contribution in [3.63, 3.8) is 0 Å². The average Bonchev–Trinajstić information content (AvgIpc) is 2.92. The van der Waals surface area contributed by atoms with Gasteiger partial charge in [-0.3, -0.25) is 11.3 Å². The summed E-state index contributed by atoms with van der Waals surface area (Å²) < 4.78 is 6.15. The van der Waals surface area contributed by atoms with Gasteiger partial charge in [0.2, 0.25) is 0 Å². The van der Waals surface area contributed by atoms with E-state index in [0.717, 1.165) is 25.2 Å².